The van der Waals surface area contributed by atoms with E-state index < -0.39 is 12.2 Å². The van der Waals surface area contributed by atoms with E-state index in [0.717, 1.165) is 0 Å². The summed E-state index contributed by atoms with van der Waals surface area (Å²) in [6.45, 7) is 2.27. The molecule has 0 spiro atoms. The number of hydrogen-bond acceptors (Lipinski definition) is 7. The molecular weight excluding hydrogens is 288 g/mol. The molecule has 1 unspecified atom stereocenters. The van der Waals surface area contributed by atoms with E-state index in [-0.39, 0.29) is 5.89 Å². The first-order chi connectivity index (χ1) is 10.6. The predicted octanol–water partition coefficient (Wildman–Crippen LogP) is 2.08. The monoisotopic (exact) mass is 304 g/mol. The summed E-state index contributed by atoms with van der Waals surface area (Å²) in [5.74, 6) is 1.71. The molecule has 2 N–H and O–H groups in total. The van der Waals surface area contributed by atoms with Gasteiger partial charge in [-0.1, -0.05) is 5.16 Å². The van der Waals surface area contributed by atoms with Gasteiger partial charge in [-0.05, 0) is 31.7 Å². The van der Waals surface area contributed by atoms with E-state index in [1.54, 1.807) is 25.3 Å². The number of amides is 1. The van der Waals surface area contributed by atoms with Gasteiger partial charge in [0, 0.05) is 17.8 Å². The third-order valence-corrected chi connectivity index (χ3v) is 3.24. The zero-order chi connectivity index (χ0) is 15.5. The fraction of sp³-hybridized carbons (Fsp3) is 0.429. The molecule has 1 amide bonds. The maximum atomic E-state index is 10.7. The van der Waals surface area contributed by atoms with Crippen molar-refractivity contribution in [2.24, 2.45) is 11.7 Å². The van der Waals surface area contributed by atoms with Crippen LogP contribution in [0.3, 0.4) is 0 Å². The van der Waals surface area contributed by atoms with E-state index in [9.17, 15) is 4.79 Å². The molecule has 2 aromatic heterocycles. The number of rotatable bonds is 6. The van der Waals surface area contributed by atoms with Crippen molar-refractivity contribution in [3.05, 3.63) is 24.2 Å². The molecule has 116 valence electrons. The maximum absolute atomic E-state index is 10.7. The molecule has 0 bridgehead atoms. The van der Waals surface area contributed by atoms with Gasteiger partial charge in [0.2, 0.25) is 11.7 Å². The van der Waals surface area contributed by atoms with Crippen molar-refractivity contribution in [3.63, 3.8) is 0 Å². The predicted molar refractivity (Wildman–Crippen MR) is 74.8 cm³/mol. The van der Waals surface area contributed by atoms with Gasteiger partial charge in [-0.15, -0.1) is 0 Å². The van der Waals surface area contributed by atoms with Crippen LogP contribution in [0.15, 0.2) is 22.9 Å². The molecule has 3 rings (SSSR count). The Morgan fingerprint density at radius 1 is 1.55 bits per heavy atom. The average molecular weight is 304 g/mol. The zero-order valence-electron chi connectivity index (χ0n) is 12.1. The summed E-state index contributed by atoms with van der Waals surface area (Å²) in [7, 11) is 0. The quantitative estimate of drug-likeness (QED) is 0.868. The Labute approximate surface area is 126 Å². The smallest absolute Gasteiger partial charge is 0.405 e. The lowest BCUT2D eigenvalue weighted by Crippen LogP contribution is -2.15. The van der Waals surface area contributed by atoms with Crippen LogP contribution in [0, 0.1) is 5.92 Å². The van der Waals surface area contributed by atoms with E-state index in [2.05, 4.69) is 15.1 Å². The highest BCUT2D eigenvalue weighted by Gasteiger charge is 2.22. The number of aromatic nitrogens is 3. The van der Waals surface area contributed by atoms with Gasteiger partial charge in [0.15, 0.2) is 6.10 Å². The molecule has 22 heavy (non-hydrogen) atoms. The maximum Gasteiger partial charge on any atom is 0.405 e. The highest BCUT2D eigenvalue weighted by atomic mass is 16.6. The first-order valence-corrected chi connectivity index (χ1v) is 7.00. The molecule has 1 saturated carbocycles. The first-order valence-electron chi connectivity index (χ1n) is 7.00. The second-order valence-corrected chi connectivity index (χ2v) is 5.17. The van der Waals surface area contributed by atoms with Gasteiger partial charge in [-0.25, -0.2) is 9.78 Å². The molecule has 2 aromatic rings. The first kappa shape index (κ1) is 14.3. The van der Waals surface area contributed by atoms with Crippen LogP contribution in [0.2, 0.25) is 0 Å². The highest BCUT2D eigenvalue weighted by molar-refractivity contribution is 5.64. The summed E-state index contributed by atoms with van der Waals surface area (Å²) in [6, 6.07) is 3.49. The fourth-order valence-corrected chi connectivity index (χ4v) is 1.86. The van der Waals surface area contributed by atoms with E-state index in [0.29, 0.717) is 29.8 Å². The van der Waals surface area contributed by atoms with E-state index in [1.165, 1.54) is 12.8 Å². The molecule has 8 heteroatoms. The lowest BCUT2D eigenvalue weighted by atomic mass is 10.2. The largest absolute Gasteiger partial charge is 0.477 e. The molecule has 1 aliphatic carbocycles. The number of carbonyl (C=O) groups excluding carboxylic acids is 1. The van der Waals surface area contributed by atoms with Crippen molar-refractivity contribution in [3.8, 4) is 17.3 Å². The van der Waals surface area contributed by atoms with Crippen LogP contribution in [0.1, 0.15) is 31.8 Å². The van der Waals surface area contributed by atoms with Crippen LogP contribution in [0.5, 0.6) is 5.88 Å². The van der Waals surface area contributed by atoms with Gasteiger partial charge in [-0.3, -0.25) is 0 Å². The number of pyridine rings is 1. The summed E-state index contributed by atoms with van der Waals surface area (Å²) < 4.78 is 15.5. The van der Waals surface area contributed by atoms with Gasteiger partial charge in [-0.2, -0.15) is 4.98 Å². The molecule has 2 heterocycles. The number of carbonyl (C=O) groups is 1. The van der Waals surface area contributed by atoms with Crippen molar-refractivity contribution in [2.75, 3.05) is 6.61 Å². The lowest BCUT2D eigenvalue weighted by Gasteiger charge is -2.05. The van der Waals surface area contributed by atoms with Crippen molar-refractivity contribution in [1.82, 2.24) is 15.1 Å². The van der Waals surface area contributed by atoms with Crippen molar-refractivity contribution in [1.29, 1.82) is 0 Å². The Balaban J connectivity index is 1.71. The minimum atomic E-state index is -0.896. The van der Waals surface area contributed by atoms with Crippen LogP contribution in [0.25, 0.3) is 11.4 Å². The summed E-state index contributed by atoms with van der Waals surface area (Å²) in [5, 5.41) is 3.86. The number of nitrogens with two attached hydrogens (primary N) is 1. The molecule has 0 aromatic carbocycles. The lowest BCUT2D eigenvalue weighted by molar-refractivity contribution is 0.0959. The Morgan fingerprint density at radius 3 is 3.09 bits per heavy atom. The normalized spacial score (nSPS) is 15.3. The van der Waals surface area contributed by atoms with Crippen molar-refractivity contribution >= 4 is 6.09 Å². The molecular formula is C14H16N4O4. The SMILES string of the molecule is CC(OC(N)=O)c1nc(-c2ccnc(OCC3CC3)c2)no1. The summed E-state index contributed by atoms with van der Waals surface area (Å²) in [6.07, 6.45) is 2.45. The Kier molecular flexibility index (Phi) is 3.90. The minimum Gasteiger partial charge on any atom is -0.477 e. The van der Waals surface area contributed by atoms with Gasteiger partial charge in [0.05, 0.1) is 6.61 Å². The molecule has 1 fully saturated rings. The van der Waals surface area contributed by atoms with Gasteiger partial charge >= 0.3 is 6.09 Å². The summed E-state index contributed by atoms with van der Waals surface area (Å²) in [5.41, 5.74) is 5.67. The Hall–Kier alpha value is -2.64. The summed E-state index contributed by atoms with van der Waals surface area (Å²) >= 11 is 0. The second kappa shape index (κ2) is 6.00. The van der Waals surface area contributed by atoms with E-state index >= 15 is 0 Å². The van der Waals surface area contributed by atoms with Crippen LogP contribution in [0.4, 0.5) is 4.79 Å². The van der Waals surface area contributed by atoms with Crippen LogP contribution in [-0.4, -0.2) is 27.8 Å². The number of primary amides is 1. The third-order valence-electron chi connectivity index (χ3n) is 3.24. The third kappa shape index (κ3) is 3.51. The molecule has 8 nitrogen and oxygen atoms in total. The van der Waals surface area contributed by atoms with Gasteiger partial charge < -0.3 is 19.7 Å². The molecule has 1 aliphatic rings. The number of ether oxygens (including phenoxy) is 2. The minimum absolute atomic E-state index is 0.172. The Morgan fingerprint density at radius 2 is 2.36 bits per heavy atom. The second-order valence-electron chi connectivity index (χ2n) is 5.17. The van der Waals surface area contributed by atoms with E-state index in [4.69, 9.17) is 19.7 Å². The average Bonchev–Trinajstić information content (AvgIpc) is 3.18. The standard InChI is InChI=1S/C14H16N4O4/c1-8(21-14(15)19)13-17-12(18-22-13)10-4-5-16-11(6-10)20-7-9-2-3-9/h4-6,8-9H,2-3,7H2,1H3,(H2,15,19). The highest BCUT2D eigenvalue weighted by Crippen LogP contribution is 2.29. The van der Waals surface area contributed by atoms with Crippen molar-refractivity contribution < 1.29 is 18.8 Å². The van der Waals surface area contributed by atoms with Gasteiger partial charge in [0.25, 0.3) is 5.89 Å². The fourth-order valence-electron chi connectivity index (χ4n) is 1.86. The summed E-state index contributed by atoms with van der Waals surface area (Å²) in [4.78, 5) is 19.1. The van der Waals surface area contributed by atoms with Crippen LogP contribution in [-0.2, 0) is 4.74 Å². The van der Waals surface area contributed by atoms with Crippen LogP contribution >= 0.6 is 0 Å². The number of nitrogens with zero attached hydrogens (tertiary/aromatic N) is 3. The zero-order valence-corrected chi connectivity index (χ0v) is 12.1. The topological polar surface area (TPSA) is 113 Å². The number of hydrogen-bond donors (Lipinski definition) is 1. The van der Waals surface area contributed by atoms with Crippen molar-refractivity contribution in [2.45, 2.75) is 25.9 Å². The molecule has 0 aliphatic heterocycles. The molecule has 0 saturated heterocycles. The van der Waals surface area contributed by atoms with E-state index in [1.807, 2.05) is 0 Å². The van der Waals surface area contributed by atoms with Gasteiger partial charge in [0.1, 0.15) is 0 Å². The molecule has 0 radical (unpaired) electrons. The Bertz CT molecular complexity index is 668. The van der Waals surface area contributed by atoms with Crippen LogP contribution < -0.4 is 10.5 Å². The molecule has 1 atom stereocenters.